The van der Waals surface area contributed by atoms with Crippen LogP contribution >= 0.6 is 0 Å². The van der Waals surface area contributed by atoms with Gasteiger partial charge >= 0.3 is 0 Å². The molecule has 1 aromatic rings. The molecule has 0 aliphatic heterocycles. The van der Waals surface area contributed by atoms with Crippen LogP contribution in [0.4, 0.5) is 0 Å². The van der Waals surface area contributed by atoms with Crippen LogP contribution in [0.5, 0.6) is 5.75 Å². The van der Waals surface area contributed by atoms with E-state index >= 15 is 0 Å². The van der Waals surface area contributed by atoms with Gasteiger partial charge in [-0.05, 0) is 37.1 Å². The molecule has 0 bridgehead atoms. The first-order chi connectivity index (χ1) is 7.76. The maximum absolute atomic E-state index is 11.4. The number of nitrogens with two attached hydrogens (primary N) is 1. The molecule has 0 spiro atoms. The average molecular weight is 221 g/mol. The number of Topliss-reactive ketones (excluding diaryl/α,β-unsaturated/α-hetero) is 1. The molecule has 88 valence electrons. The van der Waals surface area contributed by atoms with Gasteiger partial charge < -0.3 is 10.5 Å². The molecule has 1 rings (SSSR count). The lowest BCUT2D eigenvalue weighted by Crippen LogP contribution is -2.05. The third-order valence-electron chi connectivity index (χ3n) is 2.51. The monoisotopic (exact) mass is 221 g/mol. The number of ether oxygens (including phenoxy) is 1. The first kappa shape index (κ1) is 12.7. The van der Waals surface area contributed by atoms with Crippen LogP contribution in [0.2, 0.25) is 0 Å². The second kappa shape index (κ2) is 7.01. The van der Waals surface area contributed by atoms with Crippen LogP contribution < -0.4 is 10.5 Å². The summed E-state index contributed by atoms with van der Waals surface area (Å²) in [4.78, 5) is 11.4. The zero-order valence-corrected chi connectivity index (χ0v) is 9.74. The van der Waals surface area contributed by atoms with Crippen molar-refractivity contribution in [3.63, 3.8) is 0 Å². The SMILES string of the molecule is COc1ccc(CCC(=O)CCCN)cc1. The number of carbonyl (C=O) groups is 1. The van der Waals surface area contributed by atoms with Crippen molar-refractivity contribution in [2.45, 2.75) is 25.7 Å². The Hall–Kier alpha value is -1.35. The van der Waals surface area contributed by atoms with Crippen LogP contribution in [0, 0.1) is 0 Å². The maximum Gasteiger partial charge on any atom is 0.133 e. The highest BCUT2D eigenvalue weighted by Crippen LogP contribution is 2.13. The second-order valence-electron chi connectivity index (χ2n) is 3.78. The predicted molar refractivity (Wildman–Crippen MR) is 64.6 cm³/mol. The van der Waals surface area contributed by atoms with E-state index in [9.17, 15) is 4.79 Å². The molecule has 16 heavy (non-hydrogen) atoms. The third-order valence-corrected chi connectivity index (χ3v) is 2.51. The summed E-state index contributed by atoms with van der Waals surface area (Å²) >= 11 is 0. The highest BCUT2D eigenvalue weighted by Gasteiger charge is 2.02. The Bertz CT molecular complexity index is 319. The van der Waals surface area contributed by atoms with E-state index in [0.29, 0.717) is 25.2 Å². The Labute approximate surface area is 96.6 Å². The molecule has 0 unspecified atom stereocenters. The minimum atomic E-state index is 0.293. The number of hydrogen-bond acceptors (Lipinski definition) is 3. The van der Waals surface area contributed by atoms with E-state index in [0.717, 1.165) is 18.6 Å². The molecule has 2 N–H and O–H groups in total. The van der Waals surface area contributed by atoms with Gasteiger partial charge in [0.15, 0.2) is 0 Å². The fraction of sp³-hybridized carbons (Fsp3) is 0.462. The van der Waals surface area contributed by atoms with Crippen LogP contribution in [-0.4, -0.2) is 19.4 Å². The van der Waals surface area contributed by atoms with Gasteiger partial charge in [-0.25, -0.2) is 0 Å². The lowest BCUT2D eigenvalue weighted by molar-refractivity contribution is -0.119. The van der Waals surface area contributed by atoms with Gasteiger partial charge in [0.25, 0.3) is 0 Å². The number of hydrogen-bond donors (Lipinski definition) is 1. The Morgan fingerprint density at radius 2 is 1.94 bits per heavy atom. The van der Waals surface area contributed by atoms with Gasteiger partial charge in [-0.2, -0.15) is 0 Å². The van der Waals surface area contributed by atoms with E-state index < -0.39 is 0 Å². The molecule has 0 aromatic heterocycles. The van der Waals surface area contributed by atoms with Crippen molar-refractivity contribution in [2.75, 3.05) is 13.7 Å². The molecule has 3 nitrogen and oxygen atoms in total. The molecule has 0 heterocycles. The lowest BCUT2D eigenvalue weighted by atomic mass is 10.1. The smallest absolute Gasteiger partial charge is 0.133 e. The standard InChI is InChI=1S/C13H19NO2/c1-16-13-8-5-11(6-9-13)4-7-12(15)3-2-10-14/h5-6,8-9H,2-4,7,10,14H2,1H3. The van der Waals surface area contributed by atoms with E-state index in [-0.39, 0.29) is 0 Å². The summed E-state index contributed by atoms with van der Waals surface area (Å²) in [5.41, 5.74) is 6.52. The quantitative estimate of drug-likeness (QED) is 0.765. The fourth-order valence-electron chi connectivity index (χ4n) is 1.50. The van der Waals surface area contributed by atoms with Gasteiger partial charge in [-0.1, -0.05) is 12.1 Å². The summed E-state index contributed by atoms with van der Waals surface area (Å²) in [6.45, 7) is 0.592. The number of benzene rings is 1. The molecule has 0 aliphatic rings. The number of rotatable bonds is 7. The zero-order valence-electron chi connectivity index (χ0n) is 9.74. The Morgan fingerprint density at radius 3 is 2.50 bits per heavy atom. The molecular formula is C13H19NO2. The molecule has 1 aromatic carbocycles. The van der Waals surface area contributed by atoms with E-state index in [1.54, 1.807) is 7.11 Å². The summed E-state index contributed by atoms with van der Waals surface area (Å²) in [5.74, 6) is 1.14. The van der Waals surface area contributed by atoms with Gasteiger partial charge in [0, 0.05) is 12.8 Å². The van der Waals surface area contributed by atoms with Crippen LogP contribution in [0.3, 0.4) is 0 Å². The molecule has 0 fully saturated rings. The average Bonchev–Trinajstić information content (AvgIpc) is 2.34. The molecule has 0 atom stereocenters. The highest BCUT2D eigenvalue weighted by atomic mass is 16.5. The lowest BCUT2D eigenvalue weighted by Gasteiger charge is -2.03. The zero-order chi connectivity index (χ0) is 11.8. The van der Waals surface area contributed by atoms with E-state index in [1.165, 1.54) is 5.56 Å². The van der Waals surface area contributed by atoms with E-state index in [1.807, 2.05) is 24.3 Å². The van der Waals surface area contributed by atoms with Crippen molar-refractivity contribution in [3.05, 3.63) is 29.8 Å². The molecule has 0 amide bonds. The van der Waals surface area contributed by atoms with Crippen LogP contribution in [0.15, 0.2) is 24.3 Å². The Kier molecular flexibility index (Phi) is 5.57. The summed E-state index contributed by atoms with van der Waals surface area (Å²) in [6.07, 6.45) is 2.80. The molecule has 0 aliphatic carbocycles. The highest BCUT2D eigenvalue weighted by molar-refractivity contribution is 5.78. The Balaban J connectivity index is 2.33. The van der Waals surface area contributed by atoms with Gasteiger partial charge in [0.2, 0.25) is 0 Å². The van der Waals surface area contributed by atoms with Crippen molar-refractivity contribution >= 4 is 5.78 Å². The summed E-state index contributed by atoms with van der Waals surface area (Å²) in [5, 5.41) is 0. The molecule has 0 saturated carbocycles. The predicted octanol–water partition coefficient (Wildman–Crippen LogP) is 1.94. The van der Waals surface area contributed by atoms with Crippen molar-refractivity contribution in [3.8, 4) is 5.75 Å². The maximum atomic E-state index is 11.4. The first-order valence-corrected chi connectivity index (χ1v) is 5.61. The summed E-state index contributed by atoms with van der Waals surface area (Å²) < 4.78 is 5.07. The largest absolute Gasteiger partial charge is 0.497 e. The van der Waals surface area contributed by atoms with Crippen molar-refractivity contribution in [1.82, 2.24) is 0 Å². The van der Waals surface area contributed by atoms with Crippen molar-refractivity contribution in [2.24, 2.45) is 5.73 Å². The Morgan fingerprint density at radius 1 is 1.25 bits per heavy atom. The van der Waals surface area contributed by atoms with Gasteiger partial charge in [-0.3, -0.25) is 4.79 Å². The summed E-state index contributed by atoms with van der Waals surface area (Å²) in [6, 6.07) is 7.82. The van der Waals surface area contributed by atoms with Gasteiger partial charge in [0.05, 0.1) is 7.11 Å². The van der Waals surface area contributed by atoms with Crippen LogP contribution in [0.25, 0.3) is 0 Å². The normalized spacial score (nSPS) is 10.1. The second-order valence-corrected chi connectivity index (χ2v) is 3.78. The first-order valence-electron chi connectivity index (χ1n) is 5.61. The van der Waals surface area contributed by atoms with Crippen LogP contribution in [0.1, 0.15) is 24.8 Å². The fourth-order valence-corrected chi connectivity index (χ4v) is 1.50. The molecular weight excluding hydrogens is 202 g/mol. The molecule has 0 radical (unpaired) electrons. The van der Waals surface area contributed by atoms with E-state index in [2.05, 4.69) is 0 Å². The minimum absolute atomic E-state index is 0.293. The van der Waals surface area contributed by atoms with Gasteiger partial charge in [-0.15, -0.1) is 0 Å². The van der Waals surface area contributed by atoms with Gasteiger partial charge in [0.1, 0.15) is 11.5 Å². The topological polar surface area (TPSA) is 52.3 Å². The summed E-state index contributed by atoms with van der Waals surface area (Å²) in [7, 11) is 1.64. The van der Waals surface area contributed by atoms with E-state index in [4.69, 9.17) is 10.5 Å². The minimum Gasteiger partial charge on any atom is -0.497 e. The van der Waals surface area contributed by atoms with Crippen LogP contribution in [-0.2, 0) is 11.2 Å². The number of aryl methyl sites for hydroxylation is 1. The number of methoxy groups -OCH3 is 1. The van der Waals surface area contributed by atoms with Crippen molar-refractivity contribution < 1.29 is 9.53 Å². The number of carbonyl (C=O) groups excluding carboxylic acids is 1. The molecule has 3 heteroatoms. The van der Waals surface area contributed by atoms with Crippen molar-refractivity contribution in [1.29, 1.82) is 0 Å². The molecule has 0 saturated heterocycles. The third kappa shape index (κ3) is 4.45. The number of ketones is 1.